The van der Waals surface area contributed by atoms with Crippen LogP contribution >= 0.6 is 0 Å². The summed E-state index contributed by atoms with van der Waals surface area (Å²) < 4.78 is 0. The lowest BCUT2D eigenvalue weighted by Gasteiger charge is -2.42. The monoisotopic (exact) mass is 419 g/mol. The van der Waals surface area contributed by atoms with E-state index < -0.39 is 11.8 Å². The lowest BCUT2D eigenvalue weighted by Crippen LogP contribution is -2.59. The van der Waals surface area contributed by atoms with Crippen LogP contribution in [0.5, 0.6) is 0 Å². The number of piperazine rings is 1. The van der Waals surface area contributed by atoms with Crippen LogP contribution in [0.25, 0.3) is 0 Å². The van der Waals surface area contributed by atoms with Crippen molar-refractivity contribution in [3.63, 3.8) is 0 Å². The van der Waals surface area contributed by atoms with E-state index in [1.807, 2.05) is 66.4 Å². The van der Waals surface area contributed by atoms with E-state index in [-0.39, 0.29) is 11.9 Å². The van der Waals surface area contributed by atoms with Crippen molar-refractivity contribution < 1.29 is 14.4 Å². The third kappa shape index (κ3) is 4.79. The van der Waals surface area contributed by atoms with Crippen LogP contribution in [0.15, 0.2) is 54.6 Å². The first kappa shape index (κ1) is 21.1. The van der Waals surface area contributed by atoms with Gasteiger partial charge in [0.25, 0.3) is 0 Å². The molecule has 0 aromatic heterocycles. The normalized spacial score (nSPS) is 17.9. The van der Waals surface area contributed by atoms with Crippen LogP contribution in [-0.4, -0.2) is 64.6 Å². The number of nitrogens with zero attached hydrogens (tertiary/aromatic N) is 3. The topological polar surface area (TPSA) is 60.9 Å². The second-order valence-electron chi connectivity index (χ2n) is 8.43. The highest BCUT2D eigenvalue weighted by Gasteiger charge is 2.37. The molecule has 162 valence electrons. The molecule has 0 atom stereocenters. The van der Waals surface area contributed by atoms with Crippen molar-refractivity contribution in [2.24, 2.45) is 0 Å². The van der Waals surface area contributed by atoms with E-state index in [4.69, 9.17) is 0 Å². The molecule has 2 aliphatic rings. The molecule has 6 nitrogen and oxygen atoms in total. The highest BCUT2D eigenvalue weighted by molar-refractivity contribution is 6.35. The molecule has 0 N–H and O–H groups in total. The van der Waals surface area contributed by atoms with Crippen molar-refractivity contribution in [2.75, 3.05) is 26.2 Å². The number of carbonyl (C=O) groups excluding carboxylic acids is 3. The number of hydrogen-bond donors (Lipinski definition) is 0. The van der Waals surface area contributed by atoms with Crippen LogP contribution in [0, 0.1) is 6.92 Å². The Morgan fingerprint density at radius 1 is 0.871 bits per heavy atom. The molecule has 0 saturated carbocycles. The van der Waals surface area contributed by atoms with Crippen LogP contribution in [0.1, 0.15) is 29.5 Å². The summed E-state index contributed by atoms with van der Waals surface area (Å²) in [5.41, 5.74) is 3.21. The van der Waals surface area contributed by atoms with Gasteiger partial charge in [0.15, 0.2) is 0 Å². The van der Waals surface area contributed by atoms with Gasteiger partial charge in [-0.05, 0) is 36.5 Å². The number of benzene rings is 2. The summed E-state index contributed by atoms with van der Waals surface area (Å²) in [7, 11) is 0. The predicted octanol–water partition coefficient (Wildman–Crippen LogP) is 2.40. The third-order valence-electron chi connectivity index (χ3n) is 6.42. The van der Waals surface area contributed by atoms with Crippen molar-refractivity contribution in [3.05, 3.63) is 71.3 Å². The number of hydrogen-bond acceptors (Lipinski definition) is 3. The fourth-order valence-corrected chi connectivity index (χ4v) is 4.50. The summed E-state index contributed by atoms with van der Waals surface area (Å²) >= 11 is 0. The molecule has 2 heterocycles. The molecular weight excluding hydrogens is 390 g/mol. The number of likely N-dealkylation sites (tertiary alicyclic amines) is 1. The van der Waals surface area contributed by atoms with Crippen molar-refractivity contribution in [1.29, 1.82) is 0 Å². The average Bonchev–Trinajstić information content (AvgIpc) is 2.79. The summed E-state index contributed by atoms with van der Waals surface area (Å²) in [6, 6.07) is 17.7. The van der Waals surface area contributed by atoms with E-state index >= 15 is 0 Å². The molecule has 0 bridgehead atoms. The van der Waals surface area contributed by atoms with Crippen molar-refractivity contribution in [3.8, 4) is 0 Å². The fraction of sp³-hybridized carbons (Fsp3) is 0.400. The highest BCUT2D eigenvalue weighted by atomic mass is 16.2. The number of aryl methyl sites for hydroxylation is 1. The van der Waals surface area contributed by atoms with E-state index in [1.54, 1.807) is 9.80 Å². The maximum Gasteiger partial charge on any atom is 0.312 e. The van der Waals surface area contributed by atoms with Gasteiger partial charge in [0.1, 0.15) is 0 Å². The molecule has 6 heteroatoms. The fourth-order valence-electron chi connectivity index (χ4n) is 4.50. The van der Waals surface area contributed by atoms with Crippen LogP contribution in [0.3, 0.4) is 0 Å². The Hall–Kier alpha value is -3.15. The van der Waals surface area contributed by atoms with Gasteiger partial charge in [-0.1, -0.05) is 54.6 Å². The van der Waals surface area contributed by atoms with Crippen LogP contribution in [-0.2, 0) is 27.3 Å². The number of rotatable bonds is 5. The molecule has 2 aromatic carbocycles. The van der Waals surface area contributed by atoms with Gasteiger partial charge >= 0.3 is 11.8 Å². The summed E-state index contributed by atoms with van der Waals surface area (Å²) in [6.07, 6.45) is 1.85. The standard InChI is InChI=1S/C25H29N3O3/c1-19-7-5-6-10-21(19)17-23(29)26-13-11-22(12-14-26)28-16-15-27(24(30)25(28)31)18-20-8-3-2-4-9-20/h2-10,22H,11-18H2,1H3. The highest BCUT2D eigenvalue weighted by Crippen LogP contribution is 2.21. The van der Waals surface area contributed by atoms with Gasteiger partial charge in [0.05, 0.1) is 6.42 Å². The smallest absolute Gasteiger partial charge is 0.312 e. The van der Waals surface area contributed by atoms with Crippen molar-refractivity contribution in [1.82, 2.24) is 14.7 Å². The number of carbonyl (C=O) groups is 3. The largest absolute Gasteiger partial charge is 0.342 e. The van der Waals surface area contributed by atoms with E-state index in [2.05, 4.69) is 0 Å². The molecule has 0 unspecified atom stereocenters. The van der Waals surface area contributed by atoms with Crippen molar-refractivity contribution >= 4 is 17.7 Å². The first-order valence-corrected chi connectivity index (χ1v) is 11.0. The summed E-state index contributed by atoms with van der Waals surface area (Å²) in [5, 5.41) is 0. The first-order chi connectivity index (χ1) is 15.0. The molecule has 31 heavy (non-hydrogen) atoms. The number of amides is 3. The van der Waals surface area contributed by atoms with Gasteiger partial charge in [0.2, 0.25) is 5.91 Å². The van der Waals surface area contributed by atoms with Crippen LogP contribution in [0.4, 0.5) is 0 Å². The summed E-state index contributed by atoms with van der Waals surface area (Å²) in [6.45, 7) is 4.84. The van der Waals surface area contributed by atoms with Gasteiger partial charge in [-0.25, -0.2) is 0 Å². The molecule has 2 aliphatic heterocycles. The molecule has 2 saturated heterocycles. The third-order valence-corrected chi connectivity index (χ3v) is 6.42. The van der Waals surface area contributed by atoms with Crippen LogP contribution in [0.2, 0.25) is 0 Å². The van der Waals surface area contributed by atoms with E-state index in [0.717, 1.165) is 29.5 Å². The zero-order valence-corrected chi connectivity index (χ0v) is 18.0. The summed E-state index contributed by atoms with van der Waals surface area (Å²) in [4.78, 5) is 43.4. The maximum atomic E-state index is 12.8. The molecule has 0 radical (unpaired) electrons. The molecule has 3 amide bonds. The number of piperidine rings is 1. The Morgan fingerprint density at radius 3 is 2.26 bits per heavy atom. The molecule has 2 fully saturated rings. The Morgan fingerprint density at radius 2 is 1.55 bits per heavy atom. The second kappa shape index (κ2) is 9.33. The Bertz CT molecular complexity index is 951. The van der Waals surface area contributed by atoms with E-state index in [1.165, 1.54) is 0 Å². The van der Waals surface area contributed by atoms with Crippen molar-refractivity contribution in [2.45, 2.75) is 38.8 Å². The van der Waals surface area contributed by atoms with Gasteiger partial charge in [-0.15, -0.1) is 0 Å². The first-order valence-electron chi connectivity index (χ1n) is 11.0. The minimum atomic E-state index is -0.423. The van der Waals surface area contributed by atoms with Gasteiger partial charge in [-0.2, -0.15) is 0 Å². The van der Waals surface area contributed by atoms with Gasteiger partial charge in [0, 0.05) is 38.8 Å². The molecule has 0 spiro atoms. The zero-order chi connectivity index (χ0) is 21.8. The minimum Gasteiger partial charge on any atom is -0.342 e. The quantitative estimate of drug-likeness (QED) is 0.700. The SMILES string of the molecule is Cc1ccccc1CC(=O)N1CCC(N2CCN(Cc3ccccc3)C(=O)C2=O)CC1. The predicted molar refractivity (Wildman–Crippen MR) is 118 cm³/mol. The lowest BCUT2D eigenvalue weighted by atomic mass is 10.00. The maximum absolute atomic E-state index is 12.8. The zero-order valence-electron chi connectivity index (χ0n) is 18.0. The molecule has 4 rings (SSSR count). The Labute approximate surface area is 183 Å². The van der Waals surface area contributed by atoms with E-state index in [9.17, 15) is 14.4 Å². The average molecular weight is 420 g/mol. The summed E-state index contributed by atoms with van der Waals surface area (Å²) in [5.74, 6) is -0.706. The second-order valence-corrected chi connectivity index (χ2v) is 8.43. The Kier molecular flexibility index (Phi) is 6.35. The van der Waals surface area contributed by atoms with E-state index in [0.29, 0.717) is 39.1 Å². The van der Waals surface area contributed by atoms with Gasteiger partial charge < -0.3 is 14.7 Å². The lowest BCUT2D eigenvalue weighted by molar-refractivity contribution is -0.159. The molecule has 2 aromatic rings. The minimum absolute atomic E-state index is 0.0258. The molecular formula is C25H29N3O3. The molecule has 0 aliphatic carbocycles. The Balaban J connectivity index is 1.30. The van der Waals surface area contributed by atoms with Gasteiger partial charge in [-0.3, -0.25) is 14.4 Å². The van der Waals surface area contributed by atoms with Crippen LogP contribution < -0.4 is 0 Å².